The van der Waals surface area contributed by atoms with Crippen LogP contribution >= 0.6 is 12.4 Å². The zero-order valence-corrected chi connectivity index (χ0v) is 16.0. The van der Waals surface area contributed by atoms with E-state index >= 15 is 0 Å². The van der Waals surface area contributed by atoms with Crippen molar-refractivity contribution < 1.29 is 13.2 Å². The molecule has 2 rings (SSSR count). The molecule has 6 nitrogen and oxygen atoms in total. The van der Waals surface area contributed by atoms with Crippen molar-refractivity contribution in [2.45, 2.75) is 30.9 Å². The maximum absolute atomic E-state index is 12.7. The predicted octanol–water partition coefficient (Wildman–Crippen LogP) is 0.780. The molecule has 2 fully saturated rings. The summed E-state index contributed by atoms with van der Waals surface area (Å²) in [5.74, 6) is 0.668. The van der Waals surface area contributed by atoms with E-state index in [1.807, 2.05) is 0 Å². The lowest BCUT2D eigenvalue weighted by molar-refractivity contribution is 0.173. The first-order chi connectivity index (χ1) is 10.5. The molecule has 2 heterocycles. The van der Waals surface area contributed by atoms with Gasteiger partial charge in [-0.15, -0.1) is 12.4 Å². The first-order valence-corrected chi connectivity index (χ1v) is 9.91. The van der Waals surface area contributed by atoms with E-state index in [9.17, 15) is 8.42 Å². The lowest BCUT2D eigenvalue weighted by Gasteiger charge is -2.37. The van der Waals surface area contributed by atoms with Crippen LogP contribution in [0.4, 0.5) is 0 Å². The van der Waals surface area contributed by atoms with Crippen molar-refractivity contribution in [1.29, 1.82) is 0 Å². The quantitative estimate of drug-likeness (QED) is 0.718. The lowest BCUT2D eigenvalue weighted by Crippen LogP contribution is -2.49. The molecule has 1 N–H and O–H groups in total. The van der Waals surface area contributed by atoms with Gasteiger partial charge in [-0.2, -0.15) is 0 Å². The van der Waals surface area contributed by atoms with Gasteiger partial charge in [0.1, 0.15) is 0 Å². The minimum absolute atomic E-state index is 0. The van der Waals surface area contributed by atoms with Crippen LogP contribution in [-0.2, 0) is 14.8 Å². The van der Waals surface area contributed by atoms with Gasteiger partial charge >= 0.3 is 0 Å². The number of likely N-dealkylation sites (tertiary alicyclic amines) is 1. The number of sulfonamides is 1. The van der Waals surface area contributed by atoms with Crippen LogP contribution in [0.1, 0.15) is 25.7 Å². The standard InChI is InChI=1S/C15H31N3O3S.ClH/c1-17(9-10-21-2)22(19,20)15-6-4-8-18(13-15)12-14-5-3-7-16-11-14;/h14-16H,3-13H2,1-2H3;1H. The van der Waals surface area contributed by atoms with Crippen LogP contribution in [0.2, 0.25) is 0 Å². The number of likely N-dealkylation sites (N-methyl/N-ethyl adjacent to an activating group) is 1. The van der Waals surface area contributed by atoms with Gasteiger partial charge in [0.2, 0.25) is 10.0 Å². The van der Waals surface area contributed by atoms with Crippen LogP contribution in [0.15, 0.2) is 0 Å². The Morgan fingerprint density at radius 1 is 1.30 bits per heavy atom. The molecule has 0 radical (unpaired) electrons. The number of rotatable bonds is 7. The summed E-state index contributed by atoms with van der Waals surface area (Å²) in [7, 11) is 0.0513. The maximum atomic E-state index is 12.7. The molecule has 0 saturated carbocycles. The molecule has 138 valence electrons. The molecule has 0 aromatic carbocycles. The van der Waals surface area contributed by atoms with Crippen molar-refractivity contribution in [3.8, 4) is 0 Å². The topological polar surface area (TPSA) is 61.9 Å². The van der Waals surface area contributed by atoms with Gasteiger partial charge in [-0.3, -0.25) is 0 Å². The van der Waals surface area contributed by atoms with Crippen molar-refractivity contribution in [1.82, 2.24) is 14.5 Å². The second-order valence-corrected chi connectivity index (χ2v) is 8.92. The zero-order valence-electron chi connectivity index (χ0n) is 14.4. The van der Waals surface area contributed by atoms with Crippen molar-refractivity contribution >= 4 is 22.4 Å². The van der Waals surface area contributed by atoms with Gasteiger partial charge in [0.25, 0.3) is 0 Å². The molecule has 23 heavy (non-hydrogen) atoms. The fraction of sp³-hybridized carbons (Fsp3) is 1.00. The van der Waals surface area contributed by atoms with Crippen molar-refractivity contribution in [2.75, 3.05) is 60.0 Å². The number of halogens is 1. The molecule has 2 aliphatic rings. The van der Waals surface area contributed by atoms with Crippen LogP contribution < -0.4 is 5.32 Å². The van der Waals surface area contributed by atoms with Gasteiger partial charge in [-0.1, -0.05) is 0 Å². The molecule has 8 heteroatoms. The molecule has 0 amide bonds. The van der Waals surface area contributed by atoms with Crippen LogP contribution in [-0.4, -0.2) is 82.9 Å². The molecular weight excluding hydrogens is 338 g/mol. The van der Waals surface area contributed by atoms with Crippen LogP contribution in [0.25, 0.3) is 0 Å². The Morgan fingerprint density at radius 3 is 2.74 bits per heavy atom. The molecular formula is C15H32ClN3O3S. The van der Waals surface area contributed by atoms with E-state index in [1.54, 1.807) is 14.2 Å². The van der Waals surface area contributed by atoms with Gasteiger partial charge < -0.3 is 15.0 Å². The highest BCUT2D eigenvalue weighted by Crippen LogP contribution is 2.21. The fourth-order valence-electron chi connectivity index (χ4n) is 3.47. The van der Waals surface area contributed by atoms with E-state index in [1.165, 1.54) is 17.1 Å². The highest BCUT2D eigenvalue weighted by Gasteiger charge is 2.34. The monoisotopic (exact) mass is 369 g/mol. The summed E-state index contributed by atoms with van der Waals surface area (Å²) in [5, 5.41) is 3.18. The second-order valence-electron chi connectivity index (χ2n) is 6.60. The Labute approximate surface area is 147 Å². The first-order valence-electron chi connectivity index (χ1n) is 8.41. The van der Waals surface area contributed by atoms with Crippen molar-refractivity contribution in [3.05, 3.63) is 0 Å². The largest absolute Gasteiger partial charge is 0.383 e. The second kappa shape index (κ2) is 10.2. The van der Waals surface area contributed by atoms with E-state index in [-0.39, 0.29) is 17.7 Å². The summed E-state index contributed by atoms with van der Waals surface area (Å²) in [6, 6.07) is 0. The molecule has 0 aromatic heterocycles. The number of nitrogens with zero attached hydrogens (tertiary/aromatic N) is 2. The van der Waals surface area contributed by atoms with Crippen molar-refractivity contribution in [3.63, 3.8) is 0 Å². The molecule has 0 spiro atoms. The van der Waals surface area contributed by atoms with Gasteiger partial charge in [0.05, 0.1) is 11.9 Å². The van der Waals surface area contributed by atoms with E-state index in [4.69, 9.17) is 4.74 Å². The summed E-state index contributed by atoms with van der Waals surface area (Å²) < 4.78 is 31.8. The summed E-state index contributed by atoms with van der Waals surface area (Å²) in [6.07, 6.45) is 4.25. The smallest absolute Gasteiger partial charge is 0.218 e. The average molecular weight is 370 g/mol. The highest BCUT2D eigenvalue weighted by molar-refractivity contribution is 7.89. The Balaban J connectivity index is 0.00000264. The molecule has 2 aliphatic heterocycles. The Bertz CT molecular complexity index is 430. The summed E-state index contributed by atoms with van der Waals surface area (Å²) in [4.78, 5) is 2.35. The average Bonchev–Trinajstić information content (AvgIpc) is 2.53. The van der Waals surface area contributed by atoms with Gasteiger partial charge in [0, 0.05) is 33.8 Å². The number of methoxy groups -OCH3 is 1. The molecule has 0 aliphatic carbocycles. The normalized spacial score (nSPS) is 26.9. The maximum Gasteiger partial charge on any atom is 0.218 e. The number of hydrogen-bond acceptors (Lipinski definition) is 5. The Morgan fingerprint density at radius 2 is 2.09 bits per heavy atom. The van der Waals surface area contributed by atoms with Crippen LogP contribution in [0.3, 0.4) is 0 Å². The third kappa shape index (κ3) is 6.14. The first kappa shape index (κ1) is 21.1. The van der Waals surface area contributed by atoms with E-state index < -0.39 is 10.0 Å². The number of ether oxygens (including phenoxy) is 1. The van der Waals surface area contributed by atoms with Crippen LogP contribution in [0, 0.1) is 5.92 Å². The van der Waals surface area contributed by atoms with Crippen molar-refractivity contribution in [2.24, 2.45) is 5.92 Å². The van der Waals surface area contributed by atoms with Crippen LogP contribution in [0.5, 0.6) is 0 Å². The van der Waals surface area contributed by atoms with Gasteiger partial charge in [0.15, 0.2) is 0 Å². The minimum Gasteiger partial charge on any atom is -0.383 e. The summed E-state index contributed by atoms with van der Waals surface area (Å²) >= 11 is 0. The molecule has 0 bridgehead atoms. The number of piperidine rings is 2. The Hall–Kier alpha value is 0.0800. The third-order valence-electron chi connectivity index (χ3n) is 4.84. The van der Waals surface area contributed by atoms with E-state index in [0.717, 1.165) is 39.0 Å². The lowest BCUT2D eigenvalue weighted by atomic mass is 9.98. The minimum atomic E-state index is -3.21. The zero-order chi connectivity index (χ0) is 16.0. The molecule has 0 aromatic rings. The molecule has 2 saturated heterocycles. The predicted molar refractivity (Wildman–Crippen MR) is 95.7 cm³/mol. The number of nitrogens with one attached hydrogen (secondary N) is 1. The van der Waals surface area contributed by atoms with E-state index in [0.29, 0.717) is 25.6 Å². The van der Waals surface area contributed by atoms with E-state index in [2.05, 4.69) is 10.2 Å². The number of hydrogen-bond donors (Lipinski definition) is 1. The molecule has 2 unspecified atom stereocenters. The van der Waals surface area contributed by atoms with Gasteiger partial charge in [-0.05, 0) is 51.2 Å². The third-order valence-corrected chi connectivity index (χ3v) is 7.12. The summed E-state index contributed by atoms with van der Waals surface area (Å²) in [5.41, 5.74) is 0. The fourth-order valence-corrected chi connectivity index (χ4v) is 5.17. The Kier molecular flexibility index (Phi) is 9.33. The summed E-state index contributed by atoms with van der Waals surface area (Å²) in [6.45, 7) is 5.81. The SMILES string of the molecule is COCCN(C)S(=O)(=O)C1CCCN(CC2CCCNC2)C1.Cl. The molecule has 2 atom stereocenters. The van der Waals surface area contributed by atoms with Gasteiger partial charge in [-0.25, -0.2) is 12.7 Å². The highest BCUT2D eigenvalue weighted by atomic mass is 35.5.